The van der Waals surface area contributed by atoms with Gasteiger partial charge >= 0.3 is 5.97 Å². The van der Waals surface area contributed by atoms with Gasteiger partial charge in [-0.15, -0.1) is 0 Å². The average molecular weight is 516 g/mol. The normalized spacial score (nSPS) is 33.5. The fourth-order valence-electron chi connectivity index (χ4n) is 6.12. The van der Waals surface area contributed by atoms with Crippen LogP contribution in [0.2, 0.25) is 0 Å². The highest BCUT2D eigenvalue weighted by Crippen LogP contribution is 2.43. The molecule has 7 heteroatoms. The molecule has 0 spiro atoms. The van der Waals surface area contributed by atoms with Crippen LogP contribution in [0.15, 0.2) is 0 Å². The van der Waals surface area contributed by atoms with E-state index in [1.54, 1.807) is 6.92 Å². The molecule has 1 fully saturated rings. The van der Waals surface area contributed by atoms with E-state index in [9.17, 15) is 15.0 Å². The minimum Gasteiger partial charge on any atom is -0.459 e. The van der Waals surface area contributed by atoms with Gasteiger partial charge in [0.15, 0.2) is 6.29 Å². The van der Waals surface area contributed by atoms with Crippen LogP contribution < -0.4 is 5.32 Å². The van der Waals surface area contributed by atoms with Crippen molar-refractivity contribution in [2.45, 2.75) is 131 Å². The number of hydrogen-bond donors (Lipinski definition) is 3. The molecule has 3 N–H and O–H groups in total. The van der Waals surface area contributed by atoms with Crippen molar-refractivity contribution in [1.82, 2.24) is 5.32 Å². The summed E-state index contributed by atoms with van der Waals surface area (Å²) in [5, 5.41) is 24.4. The Hall–Kier alpha value is -0.730. The van der Waals surface area contributed by atoms with E-state index >= 15 is 0 Å². The van der Waals surface area contributed by atoms with Gasteiger partial charge in [-0.05, 0) is 82.2 Å². The quantitative estimate of drug-likeness (QED) is 0.265. The maximum atomic E-state index is 13.0. The van der Waals surface area contributed by atoms with E-state index in [0.717, 1.165) is 25.8 Å². The molecule has 0 aromatic rings. The Balaban J connectivity index is 3.21. The van der Waals surface area contributed by atoms with E-state index in [4.69, 9.17) is 14.2 Å². The van der Waals surface area contributed by atoms with Crippen molar-refractivity contribution >= 4 is 5.97 Å². The first-order chi connectivity index (χ1) is 16.7. The summed E-state index contributed by atoms with van der Waals surface area (Å²) in [7, 11) is 1.91. The fraction of sp³-hybridized carbons (Fsp3) is 0.966. The number of cyclic esters (lactones) is 1. The van der Waals surface area contributed by atoms with Gasteiger partial charge in [-0.3, -0.25) is 4.79 Å². The number of esters is 1. The Morgan fingerprint density at radius 2 is 1.83 bits per heavy atom. The van der Waals surface area contributed by atoms with Gasteiger partial charge in [0.2, 0.25) is 0 Å². The van der Waals surface area contributed by atoms with Gasteiger partial charge in [0.05, 0.1) is 24.4 Å². The van der Waals surface area contributed by atoms with Gasteiger partial charge in [0, 0.05) is 6.42 Å². The summed E-state index contributed by atoms with van der Waals surface area (Å²) in [4.78, 5) is 13.0. The summed E-state index contributed by atoms with van der Waals surface area (Å²) >= 11 is 0. The maximum absolute atomic E-state index is 13.0. The molecule has 0 bridgehead atoms. The van der Waals surface area contributed by atoms with Crippen molar-refractivity contribution in [1.29, 1.82) is 0 Å². The third-order valence-electron chi connectivity index (χ3n) is 8.40. The zero-order valence-electron chi connectivity index (χ0n) is 24.8. The van der Waals surface area contributed by atoms with Crippen molar-refractivity contribution < 1.29 is 29.2 Å². The summed E-state index contributed by atoms with van der Waals surface area (Å²) in [6.07, 6.45) is 2.47. The first-order valence-electron chi connectivity index (χ1n) is 14.2. The molecule has 0 aliphatic carbocycles. The molecule has 1 aliphatic heterocycles. The summed E-state index contributed by atoms with van der Waals surface area (Å²) in [5.74, 6) is 0.287. The predicted molar refractivity (Wildman–Crippen MR) is 145 cm³/mol. The molecule has 1 rings (SSSR count). The number of hydrogen-bond acceptors (Lipinski definition) is 7. The Bertz CT molecular complexity index is 639. The molecule has 4 unspecified atom stereocenters. The van der Waals surface area contributed by atoms with Crippen molar-refractivity contribution in [3.8, 4) is 0 Å². The molecule has 7 nitrogen and oxygen atoms in total. The molecule has 1 saturated heterocycles. The van der Waals surface area contributed by atoms with Crippen molar-refractivity contribution in [3.05, 3.63) is 0 Å². The standard InChI is InChI=1S/C29H57NO6/c1-11-15-29(9,33)27-23(6)22(5)20(3)17-28(7,8)26(19(2)12-13-24(32)35-27)36-25(18-31)34-21(4)14-16-30-10/h19-23,25-27,30-31,33H,11-18H2,1-10H3/t19-,20?,21?,22?,23+,25-,26-,27+,29?/m0/s1. The highest BCUT2D eigenvalue weighted by Gasteiger charge is 2.44. The van der Waals surface area contributed by atoms with Crippen LogP contribution in [0.5, 0.6) is 0 Å². The largest absolute Gasteiger partial charge is 0.459 e. The topological polar surface area (TPSA) is 97.3 Å². The number of aliphatic hydroxyl groups excluding tert-OH is 1. The van der Waals surface area contributed by atoms with E-state index < -0.39 is 18.0 Å². The van der Waals surface area contributed by atoms with Crippen LogP contribution in [0.4, 0.5) is 0 Å². The van der Waals surface area contributed by atoms with Crippen LogP contribution in [0, 0.1) is 29.1 Å². The molecule has 1 heterocycles. The second-order valence-electron chi connectivity index (χ2n) is 12.4. The van der Waals surface area contributed by atoms with Crippen molar-refractivity contribution in [2.24, 2.45) is 29.1 Å². The molecular formula is C29H57NO6. The monoisotopic (exact) mass is 515 g/mol. The molecule has 0 aromatic heterocycles. The predicted octanol–water partition coefficient (Wildman–Crippen LogP) is 4.92. The fourth-order valence-corrected chi connectivity index (χ4v) is 6.12. The van der Waals surface area contributed by atoms with Gasteiger partial charge in [0.25, 0.3) is 0 Å². The zero-order valence-corrected chi connectivity index (χ0v) is 24.8. The summed E-state index contributed by atoms with van der Waals surface area (Å²) in [6.45, 7) is 19.5. The Morgan fingerprint density at radius 1 is 1.19 bits per heavy atom. The first kappa shape index (κ1) is 33.3. The number of rotatable bonds is 11. The molecule has 0 saturated carbocycles. The summed E-state index contributed by atoms with van der Waals surface area (Å²) < 4.78 is 18.5. The third kappa shape index (κ3) is 9.86. The molecular weight excluding hydrogens is 458 g/mol. The minimum atomic E-state index is -1.07. The Morgan fingerprint density at radius 3 is 2.39 bits per heavy atom. The molecule has 1 aliphatic rings. The lowest BCUT2D eigenvalue weighted by molar-refractivity contribution is -0.238. The maximum Gasteiger partial charge on any atom is 0.306 e. The van der Waals surface area contributed by atoms with Gasteiger partial charge in [0.1, 0.15) is 6.10 Å². The lowest BCUT2D eigenvalue weighted by atomic mass is 9.67. The number of carbonyl (C=O) groups excluding carboxylic acids is 1. The van der Waals surface area contributed by atoms with Gasteiger partial charge in [-0.1, -0.05) is 54.9 Å². The number of aliphatic hydroxyl groups is 2. The second-order valence-corrected chi connectivity index (χ2v) is 12.4. The van der Waals surface area contributed by atoms with E-state index in [1.807, 2.05) is 20.9 Å². The van der Waals surface area contributed by atoms with E-state index in [2.05, 4.69) is 46.9 Å². The van der Waals surface area contributed by atoms with Crippen LogP contribution in [-0.4, -0.2) is 66.6 Å². The lowest BCUT2D eigenvalue weighted by Gasteiger charge is -2.45. The minimum absolute atomic E-state index is 0.000864. The molecule has 36 heavy (non-hydrogen) atoms. The smallest absolute Gasteiger partial charge is 0.306 e. The third-order valence-corrected chi connectivity index (χ3v) is 8.40. The summed E-state index contributed by atoms with van der Waals surface area (Å²) in [5.41, 5.74) is -1.29. The lowest BCUT2D eigenvalue weighted by Crippen LogP contribution is -2.50. The van der Waals surface area contributed by atoms with Gasteiger partial charge < -0.3 is 29.7 Å². The van der Waals surface area contributed by atoms with Gasteiger partial charge in [-0.25, -0.2) is 0 Å². The molecule has 0 amide bonds. The van der Waals surface area contributed by atoms with Crippen molar-refractivity contribution in [3.63, 3.8) is 0 Å². The number of carbonyl (C=O) groups is 1. The molecule has 0 radical (unpaired) electrons. The second kappa shape index (κ2) is 15.0. The first-order valence-corrected chi connectivity index (χ1v) is 14.2. The van der Waals surface area contributed by atoms with Crippen LogP contribution in [0.25, 0.3) is 0 Å². The average Bonchev–Trinajstić information content (AvgIpc) is 2.79. The van der Waals surface area contributed by atoms with Crippen molar-refractivity contribution in [2.75, 3.05) is 20.2 Å². The zero-order chi connectivity index (χ0) is 27.7. The molecule has 9 atom stereocenters. The van der Waals surface area contributed by atoms with E-state index in [1.165, 1.54) is 0 Å². The summed E-state index contributed by atoms with van der Waals surface area (Å²) in [6, 6.07) is 0. The van der Waals surface area contributed by atoms with Crippen LogP contribution in [0.1, 0.15) is 101 Å². The Labute approximate surface area is 221 Å². The highest BCUT2D eigenvalue weighted by atomic mass is 16.7. The molecule has 214 valence electrons. The van der Waals surface area contributed by atoms with E-state index in [0.29, 0.717) is 18.8 Å². The van der Waals surface area contributed by atoms with E-state index in [-0.39, 0.29) is 54.4 Å². The molecule has 0 aromatic carbocycles. The van der Waals surface area contributed by atoms with Crippen LogP contribution >= 0.6 is 0 Å². The number of ether oxygens (including phenoxy) is 3. The SMILES string of the molecule is CCCC(C)(O)[C@@H]1OC(=O)CC[C@H](C)[C@H](O[C@@H](CO)OC(C)CCNC)C(C)(C)CC(C)C(C)[C@H]1C. The van der Waals surface area contributed by atoms with Crippen LogP contribution in [-0.2, 0) is 19.0 Å². The number of nitrogens with one attached hydrogen (secondary N) is 1. The van der Waals surface area contributed by atoms with Gasteiger partial charge in [-0.2, -0.15) is 0 Å². The Kier molecular flexibility index (Phi) is 13.9. The van der Waals surface area contributed by atoms with Crippen LogP contribution in [0.3, 0.4) is 0 Å². The highest BCUT2D eigenvalue weighted by molar-refractivity contribution is 5.69.